The summed E-state index contributed by atoms with van der Waals surface area (Å²) in [5.41, 5.74) is 0. The van der Waals surface area contributed by atoms with Crippen LogP contribution in [-0.2, 0) is 4.79 Å². The third-order valence-corrected chi connectivity index (χ3v) is 0.489. The van der Waals surface area contributed by atoms with Crippen molar-refractivity contribution in [2.75, 3.05) is 0 Å². The first-order chi connectivity index (χ1) is 2.91. The number of allylic oxidation sites excluding steroid dienone is 1. The molecular formula is C5H12OSn. The van der Waals surface area contributed by atoms with E-state index in [4.69, 9.17) is 0 Å². The number of unbranched alkanes of at least 4 members (excludes halogenated alkanes) is 1. The van der Waals surface area contributed by atoms with Crippen LogP contribution in [0.3, 0.4) is 0 Å². The Labute approximate surface area is 60.7 Å². The zero-order valence-corrected chi connectivity index (χ0v) is 3.68. The van der Waals surface area contributed by atoms with Gasteiger partial charge in [0.25, 0.3) is 0 Å². The van der Waals surface area contributed by atoms with Crippen LogP contribution >= 0.6 is 0 Å². The van der Waals surface area contributed by atoms with Crippen molar-refractivity contribution in [3.63, 3.8) is 0 Å². The average molecular weight is 207 g/mol. The van der Waals surface area contributed by atoms with Crippen LogP contribution in [0.2, 0.25) is 0 Å². The van der Waals surface area contributed by atoms with Gasteiger partial charge in [-0.05, 0) is 6.42 Å². The molecule has 0 aromatic carbocycles. The SMILES string of the molecule is C=CCCC=O.[SnH4]. The van der Waals surface area contributed by atoms with Gasteiger partial charge in [-0.2, -0.15) is 0 Å². The number of aldehydes is 1. The second kappa shape index (κ2) is 9.51. The van der Waals surface area contributed by atoms with Crippen LogP contribution in [0.25, 0.3) is 0 Å². The molecule has 0 bridgehead atoms. The molecule has 0 spiro atoms. The number of carbonyl (C=O) groups excluding carboxylic acids is 1. The van der Waals surface area contributed by atoms with Crippen LogP contribution in [0.5, 0.6) is 0 Å². The van der Waals surface area contributed by atoms with E-state index in [1.807, 2.05) is 0 Å². The first-order valence-corrected chi connectivity index (χ1v) is 1.96. The van der Waals surface area contributed by atoms with Crippen molar-refractivity contribution in [1.82, 2.24) is 0 Å². The first kappa shape index (κ1) is 10.2. The Bertz CT molecular complexity index is 44.0. The summed E-state index contributed by atoms with van der Waals surface area (Å²) < 4.78 is 0. The van der Waals surface area contributed by atoms with Gasteiger partial charge in [0.05, 0.1) is 0 Å². The minimum absolute atomic E-state index is 0. The zero-order valence-electron chi connectivity index (χ0n) is 3.68. The fourth-order valence-electron chi connectivity index (χ4n) is 0.186. The molecule has 1 nitrogen and oxygen atoms in total. The van der Waals surface area contributed by atoms with Crippen LogP contribution in [-0.4, -0.2) is 30.2 Å². The van der Waals surface area contributed by atoms with Crippen molar-refractivity contribution in [2.24, 2.45) is 0 Å². The van der Waals surface area contributed by atoms with E-state index in [1.165, 1.54) is 0 Å². The fraction of sp³-hybridized carbons (Fsp3) is 0.400. The topological polar surface area (TPSA) is 17.1 Å². The summed E-state index contributed by atoms with van der Waals surface area (Å²) in [7, 11) is 0. The molecule has 0 rings (SSSR count). The summed E-state index contributed by atoms with van der Waals surface area (Å²) in [4.78, 5) is 9.52. The summed E-state index contributed by atoms with van der Waals surface area (Å²) in [6.45, 7) is 3.44. The number of rotatable bonds is 3. The predicted molar refractivity (Wildman–Crippen MR) is 36.8 cm³/mol. The van der Waals surface area contributed by atoms with Crippen LogP contribution in [0.15, 0.2) is 12.7 Å². The Balaban J connectivity index is 0. The van der Waals surface area contributed by atoms with Crippen molar-refractivity contribution in [3.05, 3.63) is 12.7 Å². The molecule has 0 atom stereocenters. The summed E-state index contributed by atoms with van der Waals surface area (Å²) in [5.74, 6) is 0. The number of carbonyl (C=O) groups is 1. The Morgan fingerprint density at radius 3 is 2.14 bits per heavy atom. The Morgan fingerprint density at radius 1 is 1.43 bits per heavy atom. The molecule has 0 heterocycles. The van der Waals surface area contributed by atoms with Crippen molar-refractivity contribution < 1.29 is 4.79 Å². The molecule has 7 heavy (non-hydrogen) atoms. The van der Waals surface area contributed by atoms with Crippen molar-refractivity contribution in [2.45, 2.75) is 12.8 Å². The van der Waals surface area contributed by atoms with E-state index in [0.717, 1.165) is 12.7 Å². The third-order valence-electron chi connectivity index (χ3n) is 0.489. The van der Waals surface area contributed by atoms with Gasteiger partial charge in [0.1, 0.15) is 6.29 Å². The molecule has 42 valence electrons. The molecular weight excluding hydrogens is 195 g/mol. The molecule has 0 fully saturated rings. The number of hydrogen-bond donors (Lipinski definition) is 0. The molecule has 0 unspecified atom stereocenters. The third kappa shape index (κ3) is 10.7. The molecule has 0 aliphatic rings. The van der Waals surface area contributed by atoms with Gasteiger partial charge in [0, 0.05) is 6.42 Å². The second-order valence-corrected chi connectivity index (χ2v) is 1.03. The van der Waals surface area contributed by atoms with Gasteiger partial charge in [0.2, 0.25) is 0 Å². The molecule has 0 radical (unpaired) electrons. The van der Waals surface area contributed by atoms with Gasteiger partial charge in [-0.1, -0.05) is 6.08 Å². The first-order valence-electron chi connectivity index (χ1n) is 1.96. The van der Waals surface area contributed by atoms with Crippen molar-refractivity contribution in [3.8, 4) is 0 Å². The van der Waals surface area contributed by atoms with Gasteiger partial charge >= 0.3 is 23.9 Å². The molecule has 2 heteroatoms. The fourth-order valence-corrected chi connectivity index (χ4v) is 0.186. The van der Waals surface area contributed by atoms with E-state index in [0.29, 0.717) is 6.42 Å². The molecule has 0 aliphatic carbocycles. The standard InChI is InChI=1S/C5H8O.Sn.4H/c1-2-3-4-5-6;;;;;/h2,5H,1,3-4H2;;;;;. The Hall–Kier alpha value is 0.209. The Morgan fingerprint density at radius 2 is 2.00 bits per heavy atom. The molecule has 0 saturated carbocycles. The maximum absolute atomic E-state index is 9.52. The van der Waals surface area contributed by atoms with Crippen LogP contribution < -0.4 is 0 Å². The van der Waals surface area contributed by atoms with E-state index in [2.05, 4.69) is 6.58 Å². The average Bonchev–Trinajstić information content (AvgIpc) is 1.61. The van der Waals surface area contributed by atoms with Gasteiger partial charge < -0.3 is 4.79 Å². The molecule has 0 aliphatic heterocycles. The normalized spacial score (nSPS) is 6.29. The summed E-state index contributed by atoms with van der Waals surface area (Å²) in [6, 6.07) is 0. The quantitative estimate of drug-likeness (QED) is 0.268. The van der Waals surface area contributed by atoms with Crippen LogP contribution in [0.4, 0.5) is 0 Å². The van der Waals surface area contributed by atoms with E-state index in [9.17, 15) is 4.79 Å². The monoisotopic (exact) mass is 208 g/mol. The van der Waals surface area contributed by atoms with E-state index >= 15 is 0 Å². The van der Waals surface area contributed by atoms with E-state index in [-0.39, 0.29) is 23.9 Å². The summed E-state index contributed by atoms with van der Waals surface area (Å²) in [6.07, 6.45) is 4.04. The minimum atomic E-state index is 0. The second-order valence-electron chi connectivity index (χ2n) is 1.03. The zero-order chi connectivity index (χ0) is 4.83. The molecule has 0 saturated heterocycles. The Kier molecular flexibility index (Phi) is 13.9. The van der Waals surface area contributed by atoms with E-state index < -0.39 is 0 Å². The molecule has 0 amide bonds. The van der Waals surface area contributed by atoms with Crippen LogP contribution in [0.1, 0.15) is 12.8 Å². The van der Waals surface area contributed by atoms with Crippen molar-refractivity contribution in [1.29, 1.82) is 0 Å². The maximum atomic E-state index is 9.52. The summed E-state index contributed by atoms with van der Waals surface area (Å²) >= 11 is 0. The van der Waals surface area contributed by atoms with E-state index in [1.54, 1.807) is 6.08 Å². The molecule has 0 N–H and O–H groups in total. The van der Waals surface area contributed by atoms with Crippen LogP contribution in [0, 0.1) is 0 Å². The number of hydrogen-bond acceptors (Lipinski definition) is 1. The van der Waals surface area contributed by atoms with Gasteiger partial charge in [-0.3, -0.25) is 0 Å². The molecule has 0 aromatic rings. The molecule has 0 aromatic heterocycles. The van der Waals surface area contributed by atoms with Gasteiger partial charge in [-0.15, -0.1) is 6.58 Å². The van der Waals surface area contributed by atoms with Gasteiger partial charge in [-0.25, -0.2) is 0 Å². The predicted octanol–water partition coefficient (Wildman–Crippen LogP) is -0.300. The summed E-state index contributed by atoms with van der Waals surface area (Å²) in [5, 5.41) is 0. The van der Waals surface area contributed by atoms with Gasteiger partial charge in [0.15, 0.2) is 0 Å². The van der Waals surface area contributed by atoms with Crippen molar-refractivity contribution >= 4 is 30.2 Å².